The highest BCUT2D eigenvalue weighted by Gasteiger charge is 2.04. The standard InChI is InChI=1S/C12H16ClNO/c1-9-4-3-5-11(6-9)7-12(15)14-8-10(2)13/h3-6,10H,7-8H2,1-2H3,(H,14,15). The number of benzene rings is 1. The van der Waals surface area contributed by atoms with Gasteiger partial charge >= 0.3 is 0 Å². The van der Waals surface area contributed by atoms with Gasteiger partial charge in [0.15, 0.2) is 0 Å². The van der Waals surface area contributed by atoms with E-state index in [1.54, 1.807) is 0 Å². The Hall–Kier alpha value is -1.02. The average molecular weight is 226 g/mol. The van der Waals surface area contributed by atoms with Crippen LogP contribution in [0.25, 0.3) is 0 Å². The molecule has 0 fully saturated rings. The van der Waals surface area contributed by atoms with Crippen molar-refractivity contribution in [2.24, 2.45) is 0 Å². The molecule has 1 amide bonds. The van der Waals surface area contributed by atoms with Crippen LogP contribution in [0, 0.1) is 6.92 Å². The van der Waals surface area contributed by atoms with Gasteiger partial charge < -0.3 is 5.32 Å². The highest BCUT2D eigenvalue weighted by molar-refractivity contribution is 6.20. The Morgan fingerprint density at radius 2 is 2.27 bits per heavy atom. The maximum atomic E-state index is 11.5. The zero-order chi connectivity index (χ0) is 11.3. The molecule has 0 aromatic heterocycles. The zero-order valence-corrected chi connectivity index (χ0v) is 9.84. The molecule has 0 radical (unpaired) electrons. The van der Waals surface area contributed by atoms with Gasteiger partial charge in [-0.2, -0.15) is 0 Å². The molecule has 2 nitrogen and oxygen atoms in total. The van der Waals surface area contributed by atoms with E-state index >= 15 is 0 Å². The molecule has 0 bridgehead atoms. The fourth-order valence-electron chi connectivity index (χ4n) is 1.32. The average Bonchev–Trinajstić information content (AvgIpc) is 2.15. The van der Waals surface area contributed by atoms with Crippen molar-refractivity contribution in [3.63, 3.8) is 0 Å². The summed E-state index contributed by atoms with van der Waals surface area (Å²) >= 11 is 5.74. The number of hydrogen-bond donors (Lipinski definition) is 1. The molecule has 15 heavy (non-hydrogen) atoms. The number of rotatable bonds is 4. The van der Waals surface area contributed by atoms with Crippen LogP contribution in [-0.2, 0) is 11.2 Å². The van der Waals surface area contributed by atoms with E-state index in [1.165, 1.54) is 5.56 Å². The van der Waals surface area contributed by atoms with Crippen LogP contribution in [0.5, 0.6) is 0 Å². The van der Waals surface area contributed by atoms with Crippen LogP contribution in [0.15, 0.2) is 24.3 Å². The number of carbonyl (C=O) groups is 1. The predicted octanol–water partition coefficient (Wildman–Crippen LogP) is 2.28. The lowest BCUT2D eigenvalue weighted by molar-refractivity contribution is -0.120. The highest BCUT2D eigenvalue weighted by Crippen LogP contribution is 2.04. The van der Waals surface area contributed by atoms with Crippen molar-refractivity contribution in [1.29, 1.82) is 0 Å². The van der Waals surface area contributed by atoms with E-state index in [9.17, 15) is 4.79 Å². The molecule has 0 saturated carbocycles. The van der Waals surface area contributed by atoms with E-state index in [1.807, 2.05) is 38.1 Å². The van der Waals surface area contributed by atoms with Crippen molar-refractivity contribution in [2.75, 3.05) is 6.54 Å². The third kappa shape index (κ3) is 4.84. The number of amides is 1. The first-order chi connectivity index (χ1) is 7.08. The normalized spacial score (nSPS) is 12.2. The topological polar surface area (TPSA) is 29.1 Å². The minimum absolute atomic E-state index is 0.0214. The molecule has 0 aliphatic heterocycles. The molecular formula is C12H16ClNO. The number of aryl methyl sites for hydroxylation is 1. The van der Waals surface area contributed by atoms with Gasteiger partial charge in [0.05, 0.1) is 6.42 Å². The molecule has 1 atom stereocenters. The molecule has 0 aliphatic rings. The smallest absolute Gasteiger partial charge is 0.224 e. The van der Waals surface area contributed by atoms with Crippen LogP contribution in [-0.4, -0.2) is 17.8 Å². The van der Waals surface area contributed by atoms with Gasteiger partial charge in [0, 0.05) is 11.9 Å². The van der Waals surface area contributed by atoms with Crippen LogP contribution >= 0.6 is 11.6 Å². The first-order valence-electron chi connectivity index (χ1n) is 5.04. The van der Waals surface area contributed by atoms with Gasteiger partial charge in [0.25, 0.3) is 0 Å². The van der Waals surface area contributed by atoms with Crippen LogP contribution in [0.4, 0.5) is 0 Å². The molecule has 3 heteroatoms. The Bertz CT molecular complexity index is 336. The Labute approximate surface area is 95.6 Å². The third-order valence-corrected chi connectivity index (χ3v) is 2.18. The molecule has 0 aliphatic carbocycles. The van der Waals surface area contributed by atoms with E-state index in [0.29, 0.717) is 13.0 Å². The van der Waals surface area contributed by atoms with E-state index in [-0.39, 0.29) is 11.3 Å². The second kappa shape index (κ2) is 5.76. The van der Waals surface area contributed by atoms with Crippen LogP contribution < -0.4 is 5.32 Å². The van der Waals surface area contributed by atoms with Crippen molar-refractivity contribution in [1.82, 2.24) is 5.32 Å². The summed E-state index contributed by atoms with van der Waals surface area (Å²) < 4.78 is 0. The quantitative estimate of drug-likeness (QED) is 0.783. The largest absolute Gasteiger partial charge is 0.354 e. The second-order valence-corrected chi connectivity index (χ2v) is 4.50. The number of nitrogens with one attached hydrogen (secondary N) is 1. The lowest BCUT2D eigenvalue weighted by Crippen LogP contribution is -2.29. The summed E-state index contributed by atoms with van der Waals surface area (Å²) in [5, 5.41) is 2.76. The zero-order valence-electron chi connectivity index (χ0n) is 9.09. The molecule has 0 saturated heterocycles. The minimum atomic E-state index is -0.0218. The highest BCUT2D eigenvalue weighted by atomic mass is 35.5. The van der Waals surface area contributed by atoms with Crippen LogP contribution in [0.3, 0.4) is 0 Å². The Morgan fingerprint density at radius 3 is 2.87 bits per heavy atom. The van der Waals surface area contributed by atoms with Gasteiger partial charge in [-0.1, -0.05) is 29.8 Å². The maximum absolute atomic E-state index is 11.5. The Balaban J connectivity index is 2.44. The van der Waals surface area contributed by atoms with E-state index in [0.717, 1.165) is 5.56 Å². The second-order valence-electron chi connectivity index (χ2n) is 3.75. The van der Waals surface area contributed by atoms with Crippen LogP contribution in [0.1, 0.15) is 18.1 Å². The summed E-state index contributed by atoms with van der Waals surface area (Å²) in [5.41, 5.74) is 2.21. The van der Waals surface area contributed by atoms with E-state index in [4.69, 9.17) is 11.6 Å². The number of halogens is 1. The summed E-state index contributed by atoms with van der Waals surface area (Å²) in [5.74, 6) is 0.0214. The van der Waals surface area contributed by atoms with E-state index < -0.39 is 0 Å². The fraction of sp³-hybridized carbons (Fsp3) is 0.417. The molecule has 1 aromatic carbocycles. The van der Waals surface area contributed by atoms with Crippen molar-refractivity contribution in [3.8, 4) is 0 Å². The summed E-state index contributed by atoms with van der Waals surface area (Å²) in [6.07, 6.45) is 0.422. The van der Waals surface area contributed by atoms with Gasteiger partial charge in [-0.15, -0.1) is 11.6 Å². The van der Waals surface area contributed by atoms with Gasteiger partial charge in [0.2, 0.25) is 5.91 Å². The van der Waals surface area contributed by atoms with Crippen molar-refractivity contribution < 1.29 is 4.79 Å². The summed E-state index contributed by atoms with van der Waals surface area (Å²) in [6.45, 7) is 4.39. The molecular weight excluding hydrogens is 210 g/mol. The molecule has 1 rings (SSSR count). The number of alkyl halides is 1. The molecule has 0 spiro atoms. The molecule has 82 valence electrons. The molecule has 1 N–H and O–H groups in total. The Morgan fingerprint density at radius 1 is 1.53 bits per heavy atom. The summed E-state index contributed by atoms with van der Waals surface area (Å²) in [4.78, 5) is 11.5. The predicted molar refractivity (Wildman–Crippen MR) is 63.2 cm³/mol. The first kappa shape index (κ1) is 12.1. The molecule has 1 unspecified atom stereocenters. The van der Waals surface area contributed by atoms with Gasteiger partial charge in [-0.25, -0.2) is 0 Å². The minimum Gasteiger partial charge on any atom is -0.354 e. The molecule has 1 aromatic rings. The summed E-state index contributed by atoms with van der Waals surface area (Å²) in [7, 11) is 0. The monoisotopic (exact) mass is 225 g/mol. The summed E-state index contributed by atoms with van der Waals surface area (Å²) in [6, 6.07) is 7.95. The first-order valence-corrected chi connectivity index (χ1v) is 5.48. The van der Waals surface area contributed by atoms with Gasteiger partial charge in [-0.3, -0.25) is 4.79 Å². The lowest BCUT2D eigenvalue weighted by atomic mass is 10.1. The SMILES string of the molecule is Cc1cccc(CC(=O)NCC(C)Cl)c1. The number of carbonyl (C=O) groups excluding carboxylic acids is 1. The molecule has 0 heterocycles. The third-order valence-electron chi connectivity index (χ3n) is 2.03. The van der Waals surface area contributed by atoms with Crippen molar-refractivity contribution >= 4 is 17.5 Å². The van der Waals surface area contributed by atoms with E-state index in [2.05, 4.69) is 5.32 Å². The van der Waals surface area contributed by atoms with Crippen LogP contribution in [0.2, 0.25) is 0 Å². The number of hydrogen-bond acceptors (Lipinski definition) is 1. The Kier molecular flexibility index (Phi) is 4.63. The van der Waals surface area contributed by atoms with Gasteiger partial charge in [-0.05, 0) is 19.4 Å². The maximum Gasteiger partial charge on any atom is 0.224 e. The van der Waals surface area contributed by atoms with Crippen molar-refractivity contribution in [3.05, 3.63) is 35.4 Å². The van der Waals surface area contributed by atoms with Gasteiger partial charge in [0.1, 0.15) is 0 Å². The van der Waals surface area contributed by atoms with Crippen molar-refractivity contribution in [2.45, 2.75) is 25.6 Å². The fourth-order valence-corrected chi connectivity index (χ4v) is 1.40. The lowest BCUT2D eigenvalue weighted by Gasteiger charge is -2.06.